The molecule has 1 saturated heterocycles. The Morgan fingerprint density at radius 1 is 1.03 bits per heavy atom. The van der Waals surface area contributed by atoms with E-state index in [4.69, 9.17) is 4.74 Å². The molecule has 0 spiro atoms. The van der Waals surface area contributed by atoms with Crippen LogP contribution < -0.4 is 0 Å². The van der Waals surface area contributed by atoms with Crippen LogP contribution >= 0.6 is 0 Å². The molecule has 1 aliphatic heterocycles. The van der Waals surface area contributed by atoms with Crippen molar-refractivity contribution in [3.63, 3.8) is 0 Å². The van der Waals surface area contributed by atoms with Crippen LogP contribution in [-0.4, -0.2) is 47.0 Å². The van der Waals surface area contributed by atoms with Crippen molar-refractivity contribution in [2.75, 3.05) is 19.6 Å². The van der Waals surface area contributed by atoms with Crippen LogP contribution in [0.25, 0.3) is 0 Å². The number of ether oxygens (including phenoxy) is 1. The van der Waals surface area contributed by atoms with Crippen molar-refractivity contribution >= 4 is 12.0 Å². The topological polar surface area (TPSA) is 49.9 Å². The Morgan fingerprint density at radius 2 is 1.69 bits per heavy atom. The van der Waals surface area contributed by atoms with Crippen LogP contribution in [0.2, 0.25) is 0 Å². The van der Waals surface area contributed by atoms with Gasteiger partial charge in [-0.25, -0.2) is 9.18 Å². The van der Waals surface area contributed by atoms with Crippen molar-refractivity contribution in [2.45, 2.75) is 38.8 Å². The molecule has 0 aromatic heterocycles. The van der Waals surface area contributed by atoms with Crippen LogP contribution in [0, 0.1) is 5.82 Å². The van der Waals surface area contributed by atoms with Crippen LogP contribution in [-0.2, 0) is 16.0 Å². The zero-order valence-electron chi connectivity index (χ0n) is 17.1. The number of hydrogen-bond donors (Lipinski definition) is 0. The molecule has 0 aliphatic carbocycles. The maximum atomic E-state index is 13.2. The molecular weight excluding hydrogens is 371 g/mol. The summed E-state index contributed by atoms with van der Waals surface area (Å²) in [4.78, 5) is 29.1. The molecule has 0 radical (unpaired) electrons. The lowest BCUT2D eigenvalue weighted by Crippen LogP contribution is -2.53. The van der Waals surface area contributed by atoms with E-state index in [9.17, 15) is 14.0 Å². The first-order chi connectivity index (χ1) is 13.7. The Balaban J connectivity index is 1.78. The number of amides is 2. The van der Waals surface area contributed by atoms with E-state index in [0.29, 0.717) is 19.6 Å². The zero-order valence-corrected chi connectivity index (χ0v) is 17.1. The average molecular weight is 398 g/mol. The van der Waals surface area contributed by atoms with Crippen LogP contribution in [0.15, 0.2) is 54.6 Å². The molecule has 1 atom stereocenters. The molecule has 5 nitrogen and oxygen atoms in total. The summed E-state index contributed by atoms with van der Waals surface area (Å²) in [6.07, 6.45) is -0.181. The van der Waals surface area contributed by atoms with E-state index < -0.39 is 5.60 Å². The molecule has 2 amide bonds. The largest absolute Gasteiger partial charge is 0.444 e. The Kier molecular flexibility index (Phi) is 6.20. The molecule has 6 heteroatoms. The molecule has 0 N–H and O–H groups in total. The highest BCUT2D eigenvalue weighted by Gasteiger charge is 2.35. The van der Waals surface area contributed by atoms with Crippen molar-refractivity contribution < 1.29 is 18.7 Å². The predicted octanol–water partition coefficient (Wildman–Crippen LogP) is 4.19. The second kappa shape index (κ2) is 8.64. The number of carbonyl (C=O) groups is 2. The van der Waals surface area contributed by atoms with E-state index in [2.05, 4.69) is 0 Å². The molecule has 1 unspecified atom stereocenters. The van der Waals surface area contributed by atoms with Gasteiger partial charge in [0.2, 0.25) is 5.91 Å². The maximum Gasteiger partial charge on any atom is 0.410 e. The van der Waals surface area contributed by atoms with Gasteiger partial charge in [-0.3, -0.25) is 4.79 Å². The number of piperazine rings is 1. The third kappa shape index (κ3) is 5.56. The molecule has 0 saturated carbocycles. The Bertz CT molecular complexity index is 847. The summed E-state index contributed by atoms with van der Waals surface area (Å²) in [5.41, 5.74) is 1.15. The van der Waals surface area contributed by atoms with Crippen LogP contribution in [0.4, 0.5) is 9.18 Å². The van der Waals surface area contributed by atoms with Gasteiger partial charge in [0.15, 0.2) is 0 Å². The fourth-order valence-corrected chi connectivity index (χ4v) is 3.41. The van der Waals surface area contributed by atoms with Crippen molar-refractivity contribution in [2.24, 2.45) is 0 Å². The van der Waals surface area contributed by atoms with Crippen molar-refractivity contribution in [1.29, 1.82) is 0 Å². The summed E-state index contributed by atoms with van der Waals surface area (Å²) < 4.78 is 18.7. The van der Waals surface area contributed by atoms with Crippen LogP contribution in [0.5, 0.6) is 0 Å². The molecule has 2 aromatic rings. The highest BCUT2D eigenvalue weighted by atomic mass is 19.1. The lowest BCUT2D eigenvalue weighted by atomic mass is 10.0. The minimum atomic E-state index is -0.575. The van der Waals surface area contributed by atoms with Gasteiger partial charge in [-0.15, -0.1) is 0 Å². The van der Waals surface area contributed by atoms with Gasteiger partial charge in [0.25, 0.3) is 0 Å². The fourth-order valence-electron chi connectivity index (χ4n) is 3.41. The lowest BCUT2D eigenvalue weighted by Gasteiger charge is -2.42. The summed E-state index contributed by atoms with van der Waals surface area (Å²) in [6, 6.07) is 15.4. The summed E-state index contributed by atoms with van der Waals surface area (Å²) in [6.45, 7) is 6.70. The number of benzene rings is 2. The average Bonchev–Trinajstić information content (AvgIpc) is 2.68. The van der Waals surface area contributed by atoms with Gasteiger partial charge in [0, 0.05) is 19.6 Å². The normalized spacial score (nSPS) is 17.2. The summed E-state index contributed by atoms with van der Waals surface area (Å²) >= 11 is 0. The first-order valence-electron chi connectivity index (χ1n) is 9.80. The maximum absolute atomic E-state index is 13.2. The number of halogens is 1. The summed E-state index contributed by atoms with van der Waals surface area (Å²) in [7, 11) is 0. The SMILES string of the molecule is CC(C)(C)OC(=O)N1CCN(C(=O)Cc2ccc(F)cc2)C(c2ccccc2)C1. The number of carbonyl (C=O) groups excluding carboxylic acids is 2. The van der Waals surface area contributed by atoms with Gasteiger partial charge in [0.1, 0.15) is 11.4 Å². The third-order valence-electron chi connectivity index (χ3n) is 4.81. The first kappa shape index (κ1) is 20.8. The smallest absolute Gasteiger partial charge is 0.410 e. The van der Waals surface area contributed by atoms with E-state index in [-0.39, 0.29) is 30.3 Å². The first-order valence-corrected chi connectivity index (χ1v) is 9.80. The predicted molar refractivity (Wildman–Crippen MR) is 109 cm³/mol. The molecular formula is C23H27FN2O3. The van der Waals surface area contributed by atoms with E-state index in [1.807, 2.05) is 51.1 Å². The summed E-state index contributed by atoms with van der Waals surface area (Å²) in [5, 5.41) is 0. The zero-order chi connectivity index (χ0) is 21.0. The highest BCUT2D eigenvalue weighted by Crippen LogP contribution is 2.27. The molecule has 2 aromatic carbocycles. The van der Waals surface area contributed by atoms with Crippen LogP contribution in [0.3, 0.4) is 0 Å². The second-order valence-electron chi connectivity index (χ2n) is 8.24. The summed E-state index contributed by atoms with van der Waals surface area (Å²) in [5.74, 6) is -0.372. The van der Waals surface area contributed by atoms with E-state index >= 15 is 0 Å². The molecule has 3 rings (SSSR count). The minimum absolute atomic E-state index is 0.0469. The number of nitrogens with zero attached hydrogens (tertiary/aromatic N) is 2. The Labute approximate surface area is 171 Å². The molecule has 1 fully saturated rings. The minimum Gasteiger partial charge on any atom is -0.444 e. The highest BCUT2D eigenvalue weighted by molar-refractivity contribution is 5.80. The van der Waals surface area contributed by atoms with Crippen molar-refractivity contribution in [3.8, 4) is 0 Å². The number of rotatable bonds is 3. The number of hydrogen-bond acceptors (Lipinski definition) is 3. The standard InChI is InChI=1S/C23H27FN2O3/c1-23(2,3)29-22(28)25-13-14-26(20(16-25)18-7-5-4-6-8-18)21(27)15-17-9-11-19(24)12-10-17/h4-12,20H,13-16H2,1-3H3. The van der Waals surface area contributed by atoms with Gasteiger partial charge in [-0.2, -0.15) is 0 Å². The Morgan fingerprint density at radius 3 is 2.31 bits per heavy atom. The van der Waals surface area contributed by atoms with Crippen LogP contribution in [0.1, 0.15) is 37.9 Å². The van der Waals surface area contributed by atoms with Gasteiger partial charge in [-0.05, 0) is 44.0 Å². The Hall–Kier alpha value is -2.89. The molecule has 1 aliphatic rings. The van der Waals surface area contributed by atoms with E-state index in [1.54, 1.807) is 21.9 Å². The quantitative estimate of drug-likeness (QED) is 0.779. The molecule has 1 heterocycles. The molecule has 0 bridgehead atoms. The van der Waals surface area contributed by atoms with Gasteiger partial charge in [-0.1, -0.05) is 42.5 Å². The molecule has 154 valence electrons. The van der Waals surface area contributed by atoms with E-state index in [1.165, 1.54) is 12.1 Å². The van der Waals surface area contributed by atoms with Gasteiger partial charge in [0.05, 0.1) is 12.5 Å². The molecule has 29 heavy (non-hydrogen) atoms. The van der Waals surface area contributed by atoms with Crippen molar-refractivity contribution in [3.05, 3.63) is 71.5 Å². The van der Waals surface area contributed by atoms with Gasteiger partial charge >= 0.3 is 6.09 Å². The van der Waals surface area contributed by atoms with Gasteiger partial charge < -0.3 is 14.5 Å². The second-order valence-corrected chi connectivity index (χ2v) is 8.24. The van der Waals surface area contributed by atoms with E-state index in [0.717, 1.165) is 11.1 Å². The van der Waals surface area contributed by atoms with Crippen molar-refractivity contribution in [1.82, 2.24) is 9.80 Å². The monoisotopic (exact) mass is 398 g/mol. The lowest BCUT2D eigenvalue weighted by molar-refractivity contribution is -0.135. The fraction of sp³-hybridized carbons (Fsp3) is 0.391. The third-order valence-corrected chi connectivity index (χ3v) is 4.81.